The molecule has 8 heteroatoms. The van der Waals surface area contributed by atoms with Crippen molar-refractivity contribution in [3.63, 3.8) is 0 Å². The Morgan fingerprint density at radius 1 is 1.19 bits per heavy atom. The van der Waals surface area contributed by atoms with Gasteiger partial charge in [0.15, 0.2) is 0 Å². The van der Waals surface area contributed by atoms with Gasteiger partial charge in [-0.25, -0.2) is 4.79 Å². The minimum atomic E-state index is -0.898. The van der Waals surface area contributed by atoms with Gasteiger partial charge in [-0.15, -0.1) is 0 Å². The Balaban J connectivity index is 2.56. The van der Waals surface area contributed by atoms with Crippen LogP contribution >= 0.6 is 0 Å². The lowest BCUT2D eigenvalue weighted by atomic mass is 10.2. The fourth-order valence-corrected chi connectivity index (χ4v) is 1.52. The average Bonchev–Trinajstić information content (AvgIpc) is 2.40. The van der Waals surface area contributed by atoms with E-state index in [1.165, 1.54) is 7.11 Å². The van der Waals surface area contributed by atoms with E-state index in [4.69, 9.17) is 10.5 Å². The molecular formula is C13H18N4O4. The van der Waals surface area contributed by atoms with E-state index in [9.17, 15) is 14.4 Å². The van der Waals surface area contributed by atoms with Crippen LogP contribution in [0.4, 0.5) is 16.2 Å². The molecule has 1 aromatic carbocycles. The summed E-state index contributed by atoms with van der Waals surface area (Å²) in [6, 6.07) is 5.20. The highest BCUT2D eigenvalue weighted by Gasteiger charge is 2.13. The summed E-state index contributed by atoms with van der Waals surface area (Å²) in [5, 5.41) is 7.52. The molecule has 0 radical (unpaired) electrons. The van der Waals surface area contributed by atoms with Crippen LogP contribution in [0.2, 0.25) is 0 Å². The number of hydrogen-bond donors (Lipinski definition) is 4. The van der Waals surface area contributed by atoms with Gasteiger partial charge in [-0.3, -0.25) is 14.9 Å². The highest BCUT2D eigenvalue weighted by molar-refractivity contribution is 5.97. The van der Waals surface area contributed by atoms with Crippen LogP contribution < -0.4 is 21.7 Å². The van der Waals surface area contributed by atoms with Gasteiger partial charge in [-0.2, -0.15) is 0 Å². The second-order valence-electron chi connectivity index (χ2n) is 4.28. The summed E-state index contributed by atoms with van der Waals surface area (Å²) in [7, 11) is 1.44. The average molecular weight is 294 g/mol. The first-order valence-corrected chi connectivity index (χ1v) is 6.18. The summed E-state index contributed by atoms with van der Waals surface area (Å²) in [5.74, 6) is -0.785. The van der Waals surface area contributed by atoms with Crippen LogP contribution in [0, 0.1) is 0 Å². The Morgan fingerprint density at radius 3 is 2.29 bits per heavy atom. The molecule has 1 rings (SSSR count). The Labute approximate surface area is 122 Å². The van der Waals surface area contributed by atoms with Crippen LogP contribution in [-0.4, -0.2) is 37.6 Å². The molecule has 0 saturated heterocycles. The third-order valence-electron chi connectivity index (χ3n) is 2.47. The number of anilines is 2. The van der Waals surface area contributed by atoms with Crippen LogP contribution in [0.5, 0.6) is 0 Å². The van der Waals surface area contributed by atoms with Gasteiger partial charge in [0, 0.05) is 18.5 Å². The molecule has 0 unspecified atom stereocenters. The zero-order chi connectivity index (χ0) is 15.8. The third kappa shape index (κ3) is 5.91. The Kier molecular flexibility index (Phi) is 6.15. The zero-order valence-electron chi connectivity index (χ0n) is 11.8. The quantitative estimate of drug-likeness (QED) is 0.599. The molecule has 0 saturated carbocycles. The van der Waals surface area contributed by atoms with Crippen LogP contribution in [0.25, 0.3) is 0 Å². The fourth-order valence-electron chi connectivity index (χ4n) is 1.52. The van der Waals surface area contributed by atoms with Gasteiger partial charge >= 0.3 is 6.03 Å². The molecule has 0 heterocycles. The normalized spacial score (nSPS) is 11.3. The van der Waals surface area contributed by atoms with Crippen molar-refractivity contribution >= 4 is 29.2 Å². The lowest BCUT2D eigenvalue weighted by Gasteiger charge is -2.14. The maximum Gasteiger partial charge on any atom is 0.318 e. The summed E-state index contributed by atoms with van der Waals surface area (Å²) in [6.07, 6.45) is 0. The number of carbonyl (C=O) groups is 3. The summed E-state index contributed by atoms with van der Waals surface area (Å²) >= 11 is 0. The lowest BCUT2D eigenvalue weighted by Crippen LogP contribution is -2.43. The molecule has 0 bridgehead atoms. The molecule has 4 amide bonds. The number of methoxy groups -OCH3 is 1. The van der Waals surface area contributed by atoms with Crippen molar-refractivity contribution in [3.8, 4) is 0 Å². The number of carbonyl (C=O) groups excluding carboxylic acids is 3. The molecule has 0 fully saturated rings. The number of imide groups is 1. The second kappa shape index (κ2) is 7.85. The largest absolute Gasteiger partial charge is 0.375 e. The maximum atomic E-state index is 11.5. The monoisotopic (exact) mass is 294 g/mol. The molecule has 0 aliphatic carbocycles. The van der Waals surface area contributed by atoms with Crippen LogP contribution in [0.3, 0.4) is 0 Å². The van der Waals surface area contributed by atoms with E-state index >= 15 is 0 Å². The summed E-state index contributed by atoms with van der Waals surface area (Å²) in [5.41, 5.74) is 6.13. The number of benzene rings is 1. The van der Waals surface area contributed by atoms with Gasteiger partial charge in [0.25, 0.3) is 0 Å². The minimum absolute atomic E-state index is 0.0235. The molecule has 0 spiro atoms. The summed E-state index contributed by atoms with van der Waals surface area (Å²) < 4.78 is 4.70. The second-order valence-corrected chi connectivity index (χ2v) is 4.28. The maximum absolute atomic E-state index is 11.5. The molecule has 0 aliphatic heterocycles. The van der Waals surface area contributed by atoms with Crippen LogP contribution in [0.15, 0.2) is 24.3 Å². The van der Waals surface area contributed by atoms with Crippen molar-refractivity contribution in [2.75, 3.05) is 24.4 Å². The van der Waals surface area contributed by atoms with E-state index in [1.807, 2.05) is 5.32 Å². The smallest absolute Gasteiger partial charge is 0.318 e. The summed E-state index contributed by atoms with van der Waals surface area (Å²) in [4.78, 5) is 33.4. The predicted molar refractivity (Wildman–Crippen MR) is 77.8 cm³/mol. The van der Waals surface area contributed by atoms with Gasteiger partial charge in [0.1, 0.15) is 12.6 Å². The topological polar surface area (TPSA) is 123 Å². The number of nitrogens with two attached hydrogens (primary N) is 1. The van der Waals surface area contributed by atoms with Gasteiger partial charge in [-0.1, -0.05) is 0 Å². The number of amides is 4. The number of primary amides is 1. The highest BCUT2D eigenvalue weighted by Crippen LogP contribution is 2.14. The van der Waals surface area contributed by atoms with E-state index in [0.29, 0.717) is 11.4 Å². The summed E-state index contributed by atoms with van der Waals surface area (Å²) in [6.45, 7) is 1.57. The number of urea groups is 1. The van der Waals surface area contributed by atoms with E-state index in [1.54, 1.807) is 31.2 Å². The SMILES string of the molecule is COCC(=O)Nc1ccc(N[C@@H](C)C(=O)NC(N)=O)cc1. The van der Waals surface area contributed by atoms with Crippen molar-refractivity contribution in [2.45, 2.75) is 13.0 Å². The van der Waals surface area contributed by atoms with E-state index in [2.05, 4.69) is 10.6 Å². The molecule has 5 N–H and O–H groups in total. The molecule has 1 atom stereocenters. The van der Waals surface area contributed by atoms with Gasteiger partial charge < -0.3 is 21.1 Å². The highest BCUT2D eigenvalue weighted by atomic mass is 16.5. The Morgan fingerprint density at radius 2 is 1.76 bits per heavy atom. The lowest BCUT2D eigenvalue weighted by molar-refractivity contribution is -0.120. The molecule has 8 nitrogen and oxygen atoms in total. The molecule has 1 aromatic rings. The molecule has 0 aliphatic rings. The minimum Gasteiger partial charge on any atom is -0.375 e. The van der Waals surface area contributed by atoms with E-state index in [-0.39, 0.29) is 12.5 Å². The standard InChI is InChI=1S/C13H18N4O4/c1-8(12(19)17-13(14)20)15-9-3-5-10(6-4-9)16-11(18)7-21-2/h3-6,8,15H,7H2,1-2H3,(H,16,18)(H3,14,17,19,20)/t8-/m0/s1. The number of ether oxygens (including phenoxy) is 1. The number of hydrogen-bond acceptors (Lipinski definition) is 5. The Hall–Kier alpha value is -2.61. The van der Waals surface area contributed by atoms with Crippen LogP contribution in [-0.2, 0) is 14.3 Å². The van der Waals surface area contributed by atoms with E-state index < -0.39 is 18.0 Å². The molecular weight excluding hydrogens is 276 g/mol. The fraction of sp³-hybridized carbons (Fsp3) is 0.308. The van der Waals surface area contributed by atoms with Crippen molar-refractivity contribution in [3.05, 3.63) is 24.3 Å². The molecule has 21 heavy (non-hydrogen) atoms. The van der Waals surface area contributed by atoms with Crippen molar-refractivity contribution < 1.29 is 19.1 Å². The van der Waals surface area contributed by atoms with E-state index in [0.717, 1.165) is 0 Å². The zero-order valence-corrected chi connectivity index (χ0v) is 11.8. The number of nitrogens with one attached hydrogen (secondary N) is 3. The number of rotatable bonds is 6. The predicted octanol–water partition coefficient (Wildman–Crippen LogP) is 0.267. The van der Waals surface area contributed by atoms with Crippen molar-refractivity contribution in [2.24, 2.45) is 5.73 Å². The Bertz CT molecular complexity index is 515. The van der Waals surface area contributed by atoms with Gasteiger partial charge in [-0.05, 0) is 31.2 Å². The van der Waals surface area contributed by atoms with Crippen molar-refractivity contribution in [1.29, 1.82) is 0 Å². The first-order chi connectivity index (χ1) is 9.92. The molecule has 0 aromatic heterocycles. The third-order valence-corrected chi connectivity index (χ3v) is 2.47. The molecule has 114 valence electrons. The van der Waals surface area contributed by atoms with Gasteiger partial charge in [0.2, 0.25) is 11.8 Å². The van der Waals surface area contributed by atoms with Crippen LogP contribution in [0.1, 0.15) is 6.92 Å². The van der Waals surface area contributed by atoms with Gasteiger partial charge in [0.05, 0.1) is 0 Å². The first-order valence-electron chi connectivity index (χ1n) is 6.18. The first kappa shape index (κ1) is 16.4. The van der Waals surface area contributed by atoms with Crippen molar-refractivity contribution in [1.82, 2.24) is 5.32 Å².